The summed E-state index contributed by atoms with van der Waals surface area (Å²) in [5.74, 6) is -0.106. The lowest BCUT2D eigenvalue weighted by atomic mass is 10.0. The van der Waals surface area contributed by atoms with Crippen LogP contribution in [0.3, 0.4) is 0 Å². The first-order valence-electron chi connectivity index (χ1n) is 4.33. The van der Waals surface area contributed by atoms with Crippen LogP contribution in [0.25, 0.3) is 0 Å². The lowest BCUT2D eigenvalue weighted by Crippen LogP contribution is -1.99. The zero-order valence-electron chi connectivity index (χ0n) is 7.62. The van der Waals surface area contributed by atoms with Gasteiger partial charge in [0.1, 0.15) is 6.29 Å². The highest BCUT2D eigenvalue weighted by atomic mass is 16.1. The van der Waals surface area contributed by atoms with E-state index < -0.39 is 0 Å². The summed E-state index contributed by atoms with van der Waals surface area (Å²) in [6.45, 7) is 2.03. The molecule has 13 heavy (non-hydrogen) atoms. The normalized spacial score (nSPS) is 9.62. The molecule has 2 nitrogen and oxygen atoms in total. The third-order valence-corrected chi connectivity index (χ3v) is 1.93. The van der Waals surface area contributed by atoms with Gasteiger partial charge in [-0.05, 0) is 18.1 Å². The van der Waals surface area contributed by atoms with Crippen molar-refractivity contribution in [1.82, 2.24) is 0 Å². The highest BCUT2D eigenvalue weighted by Gasteiger charge is 2.04. The number of hydrogen-bond donors (Lipinski definition) is 0. The lowest BCUT2D eigenvalue weighted by Gasteiger charge is -1.99. The van der Waals surface area contributed by atoms with E-state index in [1.807, 2.05) is 25.1 Å². The van der Waals surface area contributed by atoms with Crippen LogP contribution in [0.5, 0.6) is 0 Å². The summed E-state index contributed by atoms with van der Waals surface area (Å²) in [4.78, 5) is 21.4. The van der Waals surface area contributed by atoms with E-state index in [2.05, 4.69) is 0 Å². The van der Waals surface area contributed by atoms with Crippen molar-refractivity contribution in [3.8, 4) is 0 Å². The maximum atomic E-state index is 11.3. The predicted octanol–water partition coefficient (Wildman–Crippen LogP) is 2.02. The van der Waals surface area contributed by atoms with E-state index in [4.69, 9.17) is 0 Å². The lowest BCUT2D eigenvalue weighted by molar-refractivity contribution is -0.107. The van der Waals surface area contributed by atoms with Crippen LogP contribution in [0, 0.1) is 0 Å². The standard InChI is InChI=1S/C11H12O2/c1-2-9-4-3-5-10(8-9)11(13)6-7-12/h3-5,7-8H,2,6H2,1H3. The molecule has 0 heterocycles. The molecule has 0 saturated heterocycles. The van der Waals surface area contributed by atoms with Gasteiger partial charge in [0.15, 0.2) is 5.78 Å². The van der Waals surface area contributed by atoms with Crippen molar-refractivity contribution in [3.05, 3.63) is 35.4 Å². The Labute approximate surface area is 77.6 Å². The van der Waals surface area contributed by atoms with Crippen LogP contribution < -0.4 is 0 Å². The quantitative estimate of drug-likeness (QED) is 0.399. The van der Waals surface area contributed by atoms with E-state index in [1.165, 1.54) is 0 Å². The Kier molecular flexibility index (Phi) is 3.38. The largest absolute Gasteiger partial charge is 0.303 e. The van der Waals surface area contributed by atoms with Crippen LogP contribution in [0.15, 0.2) is 24.3 Å². The number of aryl methyl sites for hydroxylation is 1. The fourth-order valence-electron chi connectivity index (χ4n) is 1.16. The number of ketones is 1. The fraction of sp³-hybridized carbons (Fsp3) is 0.273. The van der Waals surface area contributed by atoms with Crippen molar-refractivity contribution in [3.63, 3.8) is 0 Å². The molecule has 0 aliphatic heterocycles. The Bertz CT molecular complexity index is 316. The number of carbonyl (C=O) groups excluding carboxylic acids is 2. The molecule has 0 atom stereocenters. The average molecular weight is 176 g/mol. The van der Waals surface area contributed by atoms with Crippen molar-refractivity contribution in [2.24, 2.45) is 0 Å². The van der Waals surface area contributed by atoms with Crippen LogP contribution in [-0.4, -0.2) is 12.1 Å². The smallest absolute Gasteiger partial charge is 0.169 e. The van der Waals surface area contributed by atoms with Gasteiger partial charge in [-0.15, -0.1) is 0 Å². The first-order chi connectivity index (χ1) is 6.27. The van der Waals surface area contributed by atoms with Crippen molar-refractivity contribution in [2.75, 3.05) is 0 Å². The van der Waals surface area contributed by atoms with E-state index in [9.17, 15) is 9.59 Å². The number of benzene rings is 1. The third-order valence-electron chi connectivity index (χ3n) is 1.93. The molecule has 1 aromatic rings. The van der Waals surface area contributed by atoms with Gasteiger partial charge in [-0.3, -0.25) is 4.79 Å². The Morgan fingerprint density at radius 3 is 2.85 bits per heavy atom. The van der Waals surface area contributed by atoms with Crippen molar-refractivity contribution in [1.29, 1.82) is 0 Å². The molecular weight excluding hydrogens is 164 g/mol. The van der Waals surface area contributed by atoms with Crippen LogP contribution >= 0.6 is 0 Å². The molecule has 0 spiro atoms. The van der Waals surface area contributed by atoms with Crippen LogP contribution in [0.4, 0.5) is 0 Å². The van der Waals surface area contributed by atoms with Gasteiger partial charge < -0.3 is 4.79 Å². The summed E-state index contributed by atoms with van der Waals surface area (Å²) < 4.78 is 0. The highest BCUT2D eigenvalue weighted by molar-refractivity contribution is 6.02. The fourth-order valence-corrected chi connectivity index (χ4v) is 1.16. The number of Topliss-reactive ketones (excluding diaryl/α,β-unsaturated/α-hetero) is 1. The van der Waals surface area contributed by atoms with E-state index >= 15 is 0 Å². The minimum atomic E-state index is -0.106. The molecule has 0 saturated carbocycles. The summed E-state index contributed by atoms with van der Waals surface area (Å²) in [5.41, 5.74) is 1.75. The average Bonchev–Trinajstić information content (AvgIpc) is 2.18. The molecule has 0 radical (unpaired) electrons. The van der Waals surface area contributed by atoms with Gasteiger partial charge >= 0.3 is 0 Å². The van der Waals surface area contributed by atoms with E-state index in [1.54, 1.807) is 6.07 Å². The summed E-state index contributed by atoms with van der Waals surface area (Å²) in [6, 6.07) is 7.39. The second kappa shape index (κ2) is 4.55. The third kappa shape index (κ3) is 2.51. The van der Waals surface area contributed by atoms with Gasteiger partial charge in [0.05, 0.1) is 6.42 Å². The molecule has 0 aromatic heterocycles. The number of rotatable bonds is 4. The molecule has 0 aliphatic carbocycles. The van der Waals surface area contributed by atoms with Crippen molar-refractivity contribution >= 4 is 12.1 Å². The SMILES string of the molecule is CCc1cccc(C(=O)CC=O)c1. The summed E-state index contributed by atoms with van der Waals surface area (Å²) in [6.07, 6.45) is 1.52. The monoisotopic (exact) mass is 176 g/mol. The molecule has 2 heteroatoms. The van der Waals surface area contributed by atoms with E-state index in [0.29, 0.717) is 11.8 Å². The molecule has 1 aromatic carbocycles. The molecule has 0 unspecified atom stereocenters. The molecule has 0 amide bonds. The Hall–Kier alpha value is -1.44. The van der Waals surface area contributed by atoms with Crippen molar-refractivity contribution < 1.29 is 9.59 Å². The first-order valence-corrected chi connectivity index (χ1v) is 4.33. The first kappa shape index (κ1) is 9.65. The molecule has 68 valence electrons. The van der Waals surface area contributed by atoms with Gasteiger partial charge in [0, 0.05) is 5.56 Å². The molecular formula is C11H12O2. The van der Waals surface area contributed by atoms with Gasteiger partial charge in [-0.1, -0.05) is 25.1 Å². The summed E-state index contributed by atoms with van der Waals surface area (Å²) >= 11 is 0. The molecule has 0 fully saturated rings. The molecule has 0 aliphatic rings. The second-order valence-corrected chi connectivity index (χ2v) is 2.85. The Morgan fingerprint density at radius 2 is 2.23 bits per heavy atom. The van der Waals surface area contributed by atoms with Gasteiger partial charge in [0.2, 0.25) is 0 Å². The molecule has 0 bridgehead atoms. The number of carbonyl (C=O) groups is 2. The Balaban J connectivity index is 2.87. The maximum absolute atomic E-state index is 11.3. The van der Waals surface area contributed by atoms with Gasteiger partial charge in [0.25, 0.3) is 0 Å². The zero-order chi connectivity index (χ0) is 9.68. The maximum Gasteiger partial charge on any atom is 0.169 e. The molecule has 1 rings (SSSR count). The van der Waals surface area contributed by atoms with E-state index in [-0.39, 0.29) is 12.2 Å². The minimum Gasteiger partial charge on any atom is -0.303 e. The van der Waals surface area contributed by atoms with Crippen LogP contribution in [0.1, 0.15) is 29.3 Å². The zero-order valence-corrected chi connectivity index (χ0v) is 7.62. The summed E-state index contributed by atoms with van der Waals surface area (Å²) in [7, 11) is 0. The number of hydrogen-bond acceptors (Lipinski definition) is 2. The van der Waals surface area contributed by atoms with E-state index in [0.717, 1.165) is 12.0 Å². The Morgan fingerprint density at radius 1 is 1.46 bits per heavy atom. The van der Waals surface area contributed by atoms with Gasteiger partial charge in [-0.2, -0.15) is 0 Å². The van der Waals surface area contributed by atoms with Crippen LogP contribution in [0.2, 0.25) is 0 Å². The highest BCUT2D eigenvalue weighted by Crippen LogP contribution is 2.07. The van der Waals surface area contributed by atoms with Crippen LogP contribution in [-0.2, 0) is 11.2 Å². The number of aldehydes is 1. The predicted molar refractivity (Wildman–Crippen MR) is 50.8 cm³/mol. The second-order valence-electron chi connectivity index (χ2n) is 2.85. The van der Waals surface area contributed by atoms with Crippen molar-refractivity contribution in [2.45, 2.75) is 19.8 Å². The minimum absolute atomic E-state index is 0.0207. The topological polar surface area (TPSA) is 34.1 Å². The summed E-state index contributed by atoms with van der Waals surface area (Å²) in [5, 5.41) is 0. The van der Waals surface area contributed by atoms with Gasteiger partial charge in [-0.25, -0.2) is 0 Å². The molecule has 0 N–H and O–H groups in total.